The molecule has 0 saturated heterocycles. The first-order valence-corrected chi connectivity index (χ1v) is 4.29. The van der Waals surface area contributed by atoms with E-state index in [0.717, 1.165) is 12.8 Å². The minimum Gasteiger partial charge on any atom is -0.480 e. The molecule has 0 aromatic rings. The van der Waals surface area contributed by atoms with Gasteiger partial charge in [0.2, 0.25) is 0 Å². The van der Waals surface area contributed by atoms with Crippen LogP contribution in [0.5, 0.6) is 0 Å². The summed E-state index contributed by atoms with van der Waals surface area (Å²) in [5, 5.41) is 8.78. The van der Waals surface area contributed by atoms with Crippen molar-refractivity contribution in [2.24, 2.45) is 11.5 Å². The predicted molar refractivity (Wildman–Crippen MR) is 47.8 cm³/mol. The molecule has 72 valence electrons. The second kappa shape index (κ2) is 5.11. The largest absolute Gasteiger partial charge is 0.480 e. The van der Waals surface area contributed by atoms with Gasteiger partial charge in [-0.05, 0) is 32.2 Å². The van der Waals surface area contributed by atoms with Crippen molar-refractivity contribution in [3.8, 4) is 0 Å². The Hall–Kier alpha value is -0.610. The molecule has 1 unspecified atom stereocenters. The molecular formula is C8H18N2O2. The van der Waals surface area contributed by atoms with Crippen molar-refractivity contribution in [2.45, 2.75) is 38.1 Å². The molecule has 0 radical (unpaired) electrons. The lowest BCUT2D eigenvalue weighted by molar-refractivity contribution is -0.143. The highest BCUT2D eigenvalue weighted by molar-refractivity contribution is 5.78. The number of carboxylic acids is 1. The molecule has 0 rings (SSSR count). The second-order valence-electron chi connectivity index (χ2n) is 3.06. The summed E-state index contributed by atoms with van der Waals surface area (Å²) in [6, 6.07) is 0. The van der Waals surface area contributed by atoms with Gasteiger partial charge in [-0.2, -0.15) is 0 Å². The average molecular weight is 174 g/mol. The fourth-order valence-electron chi connectivity index (χ4n) is 1.02. The van der Waals surface area contributed by atoms with Crippen molar-refractivity contribution >= 4 is 5.97 Å². The Morgan fingerprint density at radius 1 is 1.50 bits per heavy atom. The van der Waals surface area contributed by atoms with E-state index < -0.39 is 11.5 Å². The number of carboxylic acid groups (broad SMARTS) is 1. The summed E-state index contributed by atoms with van der Waals surface area (Å²) in [6.45, 7) is 2.38. The van der Waals surface area contributed by atoms with Crippen LogP contribution in [0.3, 0.4) is 0 Å². The Balaban J connectivity index is 3.88. The lowest BCUT2D eigenvalue weighted by atomic mass is 9.91. The van der Waals surface area contributed by atoms with Crippen LogP contribution in [0.4, 0.5) is 0 Å². The highest BCUT2D eigenvalue weighted by Gasteiger charge is 2.30. The van der Waals surface area contributed by atoms with Crippen LogP contribution in [0, 0.1) is 0 Å². The number of aliphatic carboxylic acids is 1. The number of unbranched alkanes of at least 4 members (excludes halogenated alkanes) is 1. The molecule has 0 amide bonds. The van der Waals surface area contributed by atoms with E-state index in [0.29, 0.717) is 19.4 Å². The van der Waals surface area contributed by atoms with Crippen LogP contribution in [0.1, 0.15) is 32.6 Å². The summed E-state index contributed by atoms with van der Waals surface area (Å²) in [5.74, 6) is -0.915. The molecule has 0 aromatic heterocycles. The van der Waals surface area contributed by atoms with Crippen molar-refractivity contribution in [1.82, 2.24) is 0 Å². The van der Waals surface area contributed by atoms with Crippen LogP contribution >= 0.6 is 0 Å². The number of carbonyl (C=O) groups is 1. The second-order valence-corrected chi connectivity index (χ2v) is 3.06. The summed E-state index contributed by atoms with van der Waals surface area (Å²) in [7, 11) is 0. The quantitative estimate of drug-likeness (QED) is 0.505. The van der Waals surface area contributed by atoms with E-state index in [-0.39, 0.29) is 0 Å². The normalized spacial score (nSPS) is 15.6. The van der Waals surface area contributed by atoms with Gasteiger partial charge in [-0.1, -0.05) is 6.92 Å². The molecule has 0 bridgehead atoms. The molecule has 0 fully saturated rings. The van der Waals surface area contributed by atoms with Crippen LogP contribution in [0.15, 0.2) is 0 Å². The molecule has 0 saturated carbocycles. The van der Waals surface area contributed by atoms with Crippen molar-refractivity contribution in [3.63, 3.8) is 0 Å². The van der Waals surface area contributed by atoms with E-state index in [2.05, 4.69) is 0 Å². The third-order valence-electron chi connectivity index (χ3n) is 2.13. The average Bonchev–Trinajstić information content (AvgIpc) is 2.04. The van der Waals surface area contributed by atoms with E-state index in [1.807, 2.05) is 0 Å². The summed E-state index contributed by atoms with van der Waals surface area (Å²) < 4.78 is 0. The molecule has 0 spiro atoms. The number of hydrogen-bond donors (Lipinski definition) is 3. The third-order valence-corrected chi connectivity index (χ3v) is 2.13. The van der Waals surface area contributed by atoms with Crippen LogP contribution in [-0.4, -0.2) is 23.2 Å². The molecule has 0 aliphatic carbocycles. The molecule has 5 N–H and O–H groups in total. The Morgan fingerprint density at radius 2 is 2.08 bits per heavy atom. The zero-order valence-electron chi connectivity index (χ0n) is 7.55. The summed E-state index contributed by atoms with van der Waals surface area (Å²) >= 11 is 0. The minimum atomic E-state index is -1.05. The van der Waals surface area contributed by atoms with Crippen LogP contribution < -0.4 is 11.5 Å². The lowest BCUT2D eigenvalue weighted by Gasteiger charge is -2.22. The molecule has 4 heteroatoms. The minimum absolute atomic E-state index is 0.465. The number of rotatable bonds is 6. The fraction of sp³-hybridized carbons (Fsp3) is 0.875. The van der Waals surface area contributed by atoms with Gasteiger partial charge < -0.3 is 16.6 Å². The maximum absolute atomic E-state index is 10.7. The van der Waals surface area contributed by atoms with Gasteiger partial charge in [0, 0.05) is 0 Å². The van der Waals surface area contributed by atoms with Gasteiger partial charge in [-0.15, -0.1) is 0 Å². The molecule has 0 aromatic carbocycles. The van der Waals surface area contributed by atoms with E-state index in [4.69, 9.17) is 16.6 Å². The number of hydrogen-bond acceptors (Lipinski definition) is 3. The van der Waals surface area contributed by atoms with Gasteiger partial charge in [-0.3, -0.25) is 4.79 Å². The molecule has 0 heterocycles. The first kappa shape index (κ1) is 11.4. The molecule has 4 nitrogen and oxygen atoms in total. The van der Waals surface area contributed by atoms with Crippen LogP contribution in [-0.2, 0) is 4.79 Å². The van der Waals surface area contributed by atoms with E-state index >= 15 is 0 Å². The summed E-state index contributed by atoms with van der Waals surface area (Å²) in [5.41, 5.74) is 9.88. The topological polar surface area (TPSA) is 89.3 Å². The zero-order valence-corrected chi connectivity index (χ0v) is 7.55. The lowest BCUT2D eigenvalue weighted by Crippen LogP contribution is -2.47. The van der Waals surface area contributed by atoms with Gasteiger partial charge in [0.15, 0.2) is 0 Å². The maximum atomic E-state index is 10.7. The summed E-state index contributed by atoms with van der Waals surface area (Å²) in [6.07, 6.45) is 2.60. The predicted octanol–water partition coefficient (Wildman–Crippen LogP) is 0.308. The SMILES string of the molecule is CCC(N)(CCCCN)C(=O)O. The maximum Gasteiger partial charge on any atom is 0.323 e. The Labute approximate surface area is 72.9 Å². The highest BCUT2D eigenvalue weighted by atomic mass is 16.4. The standard InChI is InChI=1S/C8H18N2O2/c1-2-8(10,7(11)12)5-3-4-6-9/h2-6,9-10H2,1H3,(H,11,12). The monoisotopic (exact) mass is 174 g/mol. The van der Waals surface area contributed by atoms with Gasteiger partial charge in [0.25, 0.3) is 0 Å². The highest BCUT2D eigenvalue weighted by Crippen LogP contribution is 2.15. The number of nitrogens with two attached hydrogens (primary N) is 2. The smallest absolute Gasteiger partial charge is 0.323 e. The summed E-state index contributed by atoms with van der Waals surface area (Å²) in [4.78, 5) is 10.7. The Bertz CT molecular complexity index is 150. The van der Waals surface area contributed by atoms with Gasteiger partial charge in [-0.25, -0.2) is 0 Å². The third kappa shape index (κ3) is 3.19. The van der Waals surface area contributed by atoms with Crippen molar-refractivity contribution in [3.05, 3.63) is 0 Å². The molecular weight excluding hydrogens is 156 g/mol. The fourth-order valence-corrected chi connectivity index (χ4v) is 1.02. The first-order valence-electron chi connectivity index (χ1n) is 4.29. The van der Waals surface area contributed by atoms with E-state index in [9.17, 15) is 4.79 Å². The van der Waals surface area contributed by atoms with Gasteiger partial charge in [0.05, 0.1) is 0 Å². The van der Waals surface area contributed by atoms with Gasteiger partial charge in [0.1, 0.15) is 5.54 Å². The van der Waals surface area contributed by atoms with Crippen LogP contribution in [0.2, 0.25) is 0 Å². The molecule has 1 atom stereocenters. The van der Waals surface area contributed by atoms with Gasteiger partial charge >= 0.3 is 5.97 Å². The Morgan fingerprint density at radius 3 is 2.42 bits per heavy atom. The van der Waals surface area contributed by atoms with E-state index in [1.54, 1.807) is 6.92 Å². The molecule has 0 aliphatic heterocycles. The molecule has 0 aliphatic rings. The van der Waals surface area contributed by atoms with Crippen molar-refractivity contribution in [2.75, 3.05) is 6.54 Å². The zero-order chi connectivity index (χ0) is 9.61. The van der Waals surface area contributed by atoms with Crippen LogP contribution in [0.25, 0.3) is 0 Å². The van der Waals surface area contributed by atoms with Crippen molar-refractivity contribution < 1.29 is 9.90 Å². The first-order chi connectivity index (χ1) is 5.56. The van der Waals surface area contributed by atoms with Crippen molar-refractivity contribution in [1.29, 1.82) is 0 Å². The molecule has 12 heavy (non-hydrogen) atoms. The Kier molecular flexibility index (Phi) is 4.85. The van der Waals surface area contributed by atoms with E-state index in [1.165, 1.54) is 0 Å².